The number of halogens is 1. The largest absolute Gasteiger partial charge is 0.480 e. The number of carbonyl (C=O) groups is 2. The van der Waals surface area contributed by atoms with Gasteiger partial charge < -0.3 is 10.8 Å². The van der Waals surface area contributed by atoms with Crippen molar-refractivity contribution in [1.82, 2.24) is 0 Å². The Balaban J connectivity index is 2.98. The van der Waals surface area contributed by atoms with E-state index in [4.69, 9.17) is 10.8 Å². The Bertz CT molecular complexity index is 395. The Morgan fingerprint density at radius 3 is 2.60 bits per heavy atom. The van der Waals surface area contributed by atoms with Crippen LogP contribution in [0.25, 0.3) is 0 Å². The van der Waals surface area contributed by atoms with Gasteiger partial charge in [-0.05, 0) is 18.2 Å². The lowest BCUT2D eigenvalue weighted by atomic mass is 10.3. The predicted molar refractivity (Wildman–Crippen MR) is 51.0 cm³/mol. The Hall–Kier alpha value is -2.11. The van der Waals surface area contributed by atoms with Gasteiger partial charge in [0.2, 0.25) is 0 Å². The van der Waals surface area contributed by atoms with Crippen LogP contribution < -0.4 is 10.6 Å². The summed E-state index contributed by atoms with van der Waals surface area (Å²) in [5.74, 6) is -1.79. The van der Waals surface area contributed by atoms with Crippen molar-refractivity contribution >= 4 is 17.7 Å². The number of hydrogen-bond donors (Lipinski definition) is 2. The smallest absolute Gasteiger partial charge is 0.323 e. The number of hydrogen-bond acceptors (Lipinski definition) is 2. The summed E-state index contributed by atoms with van der Waals surface area (Å²) in [5.41, 5.74) is 5.08. The second-order valence-electron chi connectivity index (χ2n) is 2.80. The number of urea groups is 1. The highest BCUT2D eigenvalue weighted by molar-refractivity contribution is 5.95. The SMILES string of the molecule is NC(=O)N(CC(=O)O)c1cccc(F)c1. The third-order valence-corrected chi connectivity index (χ3v) is 1.68. The second-order valence-corrected chi connectivity index (χ2v) is 2.80. The highest BCUT2D eigenvalue weighted by Gasteiger charge is 2.15. The third kappa shape index (κ3) is 2.94. The summed E-state index contributed by atoms with van der Waals surface area (Å²) < 4.78 is 12.8. The molecule has 0 atom stereocenters. The zero-order valence-electron chi connectivity index (χ0n) is 7.68. The van der Waals surface area contributed by atoms with Crippen molar-refractivity contribution in [1.29, 1.82) is 0 Å². The monoisotopic (exact) mass is 212 g/mol. The number of nitrogens with two attached hydrogens (primary N) is 1. The predicted octanol–water partition coefficient (Wildman–Crippen LogP) is 0.795. The number of anilines is 1. The number of aliphatic carboxylic acids is 1. The molecule has 5 nitrogen and oxygen atoms in total. The minimum atomic E-state index is -1.22. The fourth-order valence-electron chi connectivity index (χ4n) is 1.08. The summed E-state index contributed by atoms with van der Waals surface area (Å²) >= 11 is 0. The molecule has 0 unspecified atom stereocenters. The standard InChI is InChI=1S/C9H9FN2O3/c10-6-2-1-3-7(4-6)12(9(11)15)5-8(13)14/h1-4H,5H2,(H2,11,15)(H,13,14). The first kappa shape index (κ1) is 11.0. The molecule has 0 saturated carbocycles. The Kier molecular flexibility index (Phi) is 3.22. The minimum Gasteiger partial charge on any atom is -0.480 e. The zero-order valence-corrected chi connectivity index (χ0v) is 7.68. The van der Waals surface area contributed by atoms with Crippen LogP contribution in [0.3, 0.4) is 0 Å². The van der Waals surface area contributed by atoms with E-state index in [2.05, 4.69) is 0 Å². The molecular formula is C9H9FN2O3. The molecule has 80 valence electrons. The average Bonchev–Trinajstić information content (AvgIpc) is 2.13. The third-order valence-electron chi connectivity index (χ3n) is 1.68. The number of carbonyl (C=O) groups excluding carboxylic acids is 1. The molecule has 15 heavy (non-hydrogen) atoms. The van der Waals surface area contributed by atoms with Crippen LogP contribution in [0.2, 0.25) is 0 Å². The molecule has 0 spiro atoms. The van der Waals surface area contributed by atoms with E-state index in [0.717, 1.165) is 11.0 Å². The van der Waals surface area contributed by atoms with E-state index in [0.29, 0.717) is 0 Å². The van der Waals surface area contributed by atoms with E-state index in [1.807, 2.05) is 0 Å². The minimum absolute atomic E-state index is 0.116. The van der Waals surface area contributed by atoms with Crippen LogP contribution in [0.15, 0.2) is 24.3 Å². The quantitative estimate of drug-likeness (QED) is 0.777. The summed E-state index contributed by atoms with van der Waals surface area (Å²) in [4.78, 5) is 22.1. The molecule has 0 saturated heterocycles. The summed E-state index contributed by atoms with van der Waals surface area (Å²) in [6, 6.07) is 4.04. The van der Waals surface area contributed by atoms with Gasteiger partial charge in [-0.1, -0.05) is 6.07 Å². The number of carboxylic acids is 1. The van der Waals surface area contributed by atoms with Crippen LogP contribution in [-0.4, -0.2) is 23.7 Å². The van der Waals surface area contributed by atoms with Gasteiger partial charge >= 0.3 is 12.0 Å². The first-order valence-electron chi connectivity index (χ1n) is 4.05. The number of amides is 2. The molecule has 3 N–H and O–H groups in total. The lowest BCUT2D eigenvalue weighted by Crippen LogP contribution is -2.39. The lowest BCUT2D eigenvalue weighted by Gasteiger charge is -2.17. The molecule has 1 aromatic rings. The molecule has 0 aliphatic rings. The Morgan fingerprint density at radius 1 is 1.47 bits per heavy atom. The zero-order chi connectivity index (χ0) is 11.4. The molecule has 0 aliphatic carbocycles. The molecule has 0 bridgehead atoms. The van der Waals surface area contributed by atoms with Gasteiger partial charge in [-0.2, -0.15) is 0 Å². The van der Waals surface area contributed by atoms with Gasteiger partial charge in [0.15, 0.2) is 0 Å². The van der Waals surface area contributed by atoms with Crippen LogP contribution in [0, 0.1) is 5.82 Å². The first-order chi connectivity index (χ1) is 7.00. The maximum atomic E-state index is 12.8. The maximum Gasteiger partial charge on any atom is 0.323 e. The highest BCUT2D eigenvalue weighted by atomic mass is 19.1. The summed E-state index contributed by atoms with van der Waals surface area (Å²) in [7, 11) is 0. The van der Waals surface area contributed by atoms with E-state index < -0.39 is 24.4 Å². The number of rotatable bonds is 3. The van der Waals surface area contributed by atoms with E-state index >= 15 is 0 Å². The normalized spacial score (nSPS) is 9.67. The number of carboxylic acid groups (broad SMARTS) is 1. The summed E-state index contributed by atoms with van der Waals surface area (Å²) in [6.07, 6.45) is 0. The molecule has 2 amide bonds. The fraction of sp³-hybridized carbons (Fsp3) is 0.111. The average molecular weight is 212 g/mol. The van der Waals surface area contributed by atoms with Gasteiger partial charge in [-0.3, -0.25) is 9.69 Å². The van der Waals surface area contributed by atoms with Gasteiger partial charge in [0.1, 0.15) is 12.4 Å². The van der Waals surface area contributed by atoms with Crippen LogP contribution in [-0.2, 0) is 4.79 Å². The number of primary amides is 1. The first-order valence-corrected chi connectivity index (χ1v) is 4.05. The van der Waals surface area contributed by atoms with E-state index in [-0.39, 0.29) is 5.69 Å². The Morgan fingerprint density at radius 2 is 2.13 bits per heavy atom. The van der Waals surface area contributed by atoms with Crippen molar-refractivity contribution in [3.63, 3.8) is 0 Å². The van der Waals surface area contributed by atoms with Crippen LogP contribution in [0.5, 0.6) is 0 Å². The van der Waals surface area contributed by atoms with Gasteiger partial charge in [0, 0.05) is 5.69 Å². The van der Waals surface area contributed by atoms with Crippen LogP contribution >= 0.6 is 0 Å². The molecule has 0 radical (unpaired) electrons. The van der Waals surface area contributed by atoms with Gasteiger partial charge in [0.05, 0.1) is 0 Å². The van der Waals surface area contributed by atoms with Crippen molar-refractivity contribution in [3.05, 3.63) is 30.1 Å². The summed E-state index contributed by atoms with van der Waals surface area (Å²) in [5, 5.41) is 8.52. The van der Waals surface area contributed by atoms with Gasteiger partial charge in [-0.15, -0.1) is 0 Å². The summed E-state index contributed by atoms with van der Waals surface area (Å²) in [6.45, 7) is -0.598. The molecule has 0 aliphatic heterocycles. The molecular weight excluding hydrogens is 203 g/mol. The second kappa shape index (κ2) is 4.41. The maximum absolute atomic E-state index is 12.8. The van der Waals surface area contributed by atoms with Gasteiger partial charge in [0.25, 0.3) is 0 Å². The molecule has 0 heterocycles. The van der Waals surface area contributed by atoms with E-state index in [1.165, 1.54) is 18.2 Å². The van der Waals surface area contributed by atoms with Crippen molar-refractivity contribution < 1.29 is 19.1 Å². The van der Waals surface area contributed by atoms with Crippen molar-refractivity contribution in [2.75, 3.05) is 11.4 Å². The van der Waals surface area contributed by atoms with Gasteiger partial charge in [-0.25, -0.2) is 9.18 Å². The topological polar surface area (TPSA) is 83.6 Å². The van der Waals surface area contributed by atoms with Crippen LogP contribution in [0.4, 0.5) is 14.9 Å². The lowest BCUT2D eigenvalue weighted by molar-refractivity contribution is -0.135. The fourth-order valence-corrected chi connectivity index (χ4v) is 1.08. The van der Waals surface area contributed by atoms with E-state index in [9.17, 15) is 14.0 Å². The molecule has 6 heteroatoms. The molecule has 1 rings (SSSR count). The van der Waals surface area contributed by atoms with Crippen molar-refractivity contribution in [2.24, 2.45) is 5.73 Å². The van der Waals surface area contributed by atoms with Crippen LogP contribution in [0.1, 0.15) is 0 Å². The highest BCUT2D eigenvalue weighted by Crippen LogP contribution is 2.14. The van der Waals surface area contributed by atoms with Crippen molar-refractivity contribution in [2.45, 2.75) is 0 Å². The molecule has 0 fully saturated rings. The van der Waals surface area contributed by atoms with E-state index in [1.54, 1.807) is 0 Å². The molecule has 1 aromatic carbocycles. The number of nitrogens with zero attached hydrogens (tertiary/aromatic N) is 1. The molecule has 0 aromatic heterocycles. The Labute approximate surface area is 84.9 Å². The van der Waals surface area contributed by atoms with Crippen molar-refractivity contribution in [3.8, 4) is 0 Å². The number of benzene rings is 1.